The Labute approximate surface area is 276 Å². The summed E-state index contributed by atoms with van der Waals surface area (Å²) in [5, 5.41) is 11.3. The van der Waals surface area contributed by atoms with Crippen LogP contribution in [0.1, 0.15) is 66.2 Å². The number of alkyl halides is 1. The Hall–Kier alpha value is -4.55. The van der Waals surface area contributed by atoms with Gasteiger partial charge in [0.25, 0.3) is 11.5 Å². The largest absolute Gasteiger partial charge is 0.457 e. The average molecular weight is 662 g/mol. The Morgan fingerprint density at radius 2 is 1.81 bits per heavy atom. The summed E-state index contributed by atoms with van der Waals surface area (Å²) >= 11 is 0. The van der Waals surface area contributed by atoms with Gasteiger partial charge in [-0.05, 0) is 79.8 Å². The van der Waals surface area contributed by atoms with Gasteiger partial charge in [0.05, 0.1) is 23.0 Å². The first kappa shape index (κ1) is 33.4. The van der Waals surface area contributed by atoms with Crippen LogP contribution >= 0.6 is 0 Å². The monoisotopic (exact) mass is 661 g/mol. The number of piperidine rings is 1. The van der Waals surface area contributed by atoms with E-state index in [-0.39, 0.29) is 47.4 Å². The lowest BCUT2D eigenvalue weighted by atomic mass is 9.97. The molecule has 0 aliphatic carbocycles. The third kappa shape index (κ3) is 7.77. The Bertz CT molecular complexity index is 1790. The fourth-order valence-electron chi connectivity index (χ4n) is 6.18. The van der Waals surface area contributed by atoms with Crippen molar-refractivity contribution in [2.75, 3.05) is 26.3 Å². The van der Waals surface area contributed by atoms with Crippen molar-refractivity contribution in [2.24, 2.45) is 0 Å². The highest BCUT2D eigenvalue weighted by atomic mass is 19.1. The molecule has 2 atom stereocenters. The molecule has 0 radical (unpaired) electrons. The number of H-pyrrole nitrogens is 1. The number of likely N-dealkylation sites (tertiary alicyclic amines) is 1. The second kappa shape index (κ2) is 14.7. The molecule has 252 valence electrons. The van der Waals surface area contributed by atoms with Crippen molar-refractivity contribution < 1.29 is 27.4 Å². The molecule has 9 nitrogen and oxygen atoms in total. The van der Waals surface area contributed by atoms with Crippen LogP contribution in [0.15, 0.2) is 65.6 Å². The summed E-state index contributed by atoms with van der Waals surface area (Å²) in [4.78, 5) is 30.2. The molecule has 2 aromatic carbocycles. The molecular formula is C36H38F3N5O4. The molecule has 12 heteroatoms. The molecule has 48 heavy (non-hydrogen) atoms. The summed E-state index contributed by atoms with van der Waals surface area (Å²) in [6.07, 6.45) is 1.50. The van der Waals surface area contributed by atoms with Crippen molar-refractivity contribution in [3.8, 4) is 22.8 Å². The molecule has 4 heterocycles. The molecule has 2 aromatic heterocycles. The summed E-state index contributed by atoms with van der Waals surface area (Å²) in [6, 6.07) is 13.6. The number of hydrogen-bond donors (Lipinski definition) is 2. The normalized spacial score (nSPS) is 19.0. The predicted molar refractivity (Wildman–Crippen MR) is 174 cm³/mol. The fourth-order valence-corrected chi connectivity index (χ4v) is 6.18. The first-order valence-electron chi connectivity index (χ1n) is 16.2. The molecule has 4 aromatic rings. The van der Waals surface area contributed by atoms with E-state index in [0.717, 1.165) is 42.4 Å². The average Bonchev–Trinajstić information content (AvgIpc) is 3.09. The number of nitrogens with zero attached hydrogens (tertiary/aromatic N) is 3. The molecular weight excluding hydrogens is 623 g/mol. The second-order valence-corrected chi connectivity index (χ2v) is 12.6. The lowest BCUT2D eigenvalue weighted by Crippen LogP contribution is -2.55. The van der Waals surface area contributed by atoms with Gasteiger partial charge < -0.3 is 19.8 Å². The number of aromatic nitrogens is 3. The van der Waals surface area contributed by atoms with Gasteiger partial charge in [-0.3, -0.25) is 14.5 Å². The van der Waals surface area contributed by atoms with Gasteiger partial charge in [-0.1, -0.05) is 13.8 Å². The third-order valence-electron chi connectivity index (χ3n) is 8.97. The van der Waals surface area contributed by atoms with Gasteiger partial charge in [0.1, 0.15) is 29.3 Å². The van der Waals surface area contributed by atoms with Crippen molar-refractivity contribution in [1.82, 2.24) is 25.4 Å². The minimum absolute atomic E-state index is 0.0479. The maximum atomic E-state index is 15.6. The molecule has 2 aliphatic heterocycles. The second-order valence-electron chi connectivity index (χ2n) is 12.6. The first-order chi connectivity index (χ1) is 23.1. The van der Waals surface area contributed by atoms with Crippen LogP contribution in [0.4, 0.5) is 13.2 Å². The van der Waals surface area contributed by atoms with E-state index in [1.807, 2.05) is 26.0 Å². The molecule has 2 saturated heterocycles. The van der Waals surface area contributed by atoms with Crippen LogP contribution in [0.25, 0.3) is 11.3 Å². The minimum atomic E-state index is -1.33. The Kier molecular flexibility index (Phi) is 10.2. The molecule has 1 amide bonds. The molecule has 2 N–H and O–H groups in total. The molecule has 0 spiro atoms. The van der Waals surface area contributed by atoms with Crippen molar-refractivity contribution in [3.63, 3.8) is 0 Å². The summed E-state index contributed by atoms with van der Waals surface area (Å²) < 4.78 is 56.4. The van der Waals surface area contributed by atoms with E-state index in [1.165, 1.54) is 6.07 Å². The summed E-state index contributed by atoms with van der Waals surface area (Å²) in [5.41, 5.74) is 1.72. The number of hydrogen-bond acceptors (Lipinski definition) is 7. The Balaban J connectivity index is 1.23. The number of rotatable bonds is 9. The van der Waals surface area contributed by atoms with E-state index in [2.05, 4.69) is 25.4 Å². The zero-order chi connectivity index (χ0) is 33.8. The molecule has 0 unspecified atom stereocenters. The van der Waals surface area contributed by atoms with Crippen molar-refractivity contribution >= 4 is 5.91 Å². The fraction of sp³-hybridized carbons (Fsp3) is 0.389. The van der Waals surface area contributed by atoms with Crippen molar-refractivity contribution in [1.29, 1.82) is 0 Å². The van der Waals surface area contributed by atoms with Gasteiger partial charge in [-0.25, -0.2) is 13.2 Å². The smallest absolute Gasteiger partial charge is 0.254 e. The lowest BCUT2D eigenvalue weighted by Gasteiger charge is -2.40. The van der Waals surface area contributed by atoms with Crippen LogP contribution in [0.2, 0.25) is 0 Å². The zero-order valence-corrected chi connectivity index (χ0v) is 26.8. The standard InChI is InChI=1S/C36H38F3N5O4/c1-21(2)31-7-8-32(43-42-31)22-3-5-27(6-4-22)48-34-18-28(29(38)17-23(34)15-24-16-25(37)19-40-35(24)45)36(46)41-33-9-12-44(20-30(33)39)26-10-13-47-14-11-26/h3-8,16-19,21,26,30,33H,9-15,20H2,1-2H3,(H,40,45)(H,41,46)/t30-,33+/m0/s1. The van der Waals surface area contributed by atoms with Gasteiger partial charge in [0.2, 0.25) is 0 Å². The van der Waals surface area contributed by atoms with Crippen LogP contribution in [0, 0.1) is 11.6 Å². The number of benzene rings is 2. The molecule has 6 rings (SSSR count). The van der Waals surface area contributed by atoms with Crippen LogP contribution < -0.4 is 15.6 Å². The quantitative estimate of drug-likeness (QED) is 0.229. The predicted octanol–water partition coefficient (Wildman–Crippen LogP) is 5.94. The number of carbonyl (C=O) groups excluding carboxylic acids is 1. The van der Waals surface area contributed by atoms with E-state index >= 15 is 8.78 Å². The van der Waals surface area contributed by atoms with Crippen molar-refractivity contribution in [2.45, 2.75) is 63.7 Å². The highest BCUT2D eigenvalue weighted by Gasteiger charge is 2.34. The lowest BCUT2D eigenvalue weighted by molar-refractivity contribution is 0.00512. The van der Waals surface area contributed by atoms with Gasteiger partial charge in [-0.2, -0.15) is 10.2 Å². The van der Waals surface area contributed by atoms with Crippen LogP contribution in [0.3, 0.4) is 0 Å². The number of halogens is 3. The summed E-state index contributed by atoms with van der Waals surface area (Å²) in [5.74, 6) is -1.62. The molecule has 0 bridgehead atoms. The highest BCUT2D eigenvalue weighted by molar-refractivity contribution is 5.95. The topological polar surface area (TPSA) is 109 Å². The summed E-state index contributed by atoms with van der Waals surface area (Å²) in [7, 11) is 0. The third-order valence-corrected chi connectivity index (χ3v) is 8.97. The van der Waals surface area contributed by atoms with Gasteiger partial charge in [0, 0.05) is 61.7 Å². The van der Waals surface area contributed by atoms with E-state index < -0.39 is 35.3 Å². The number of carbonyl (C=O) groups is 1. The van der Waals surface area contributed by atoms with E-state index in [1.54, 1.807) is 24.3 Å². The Morgan fingerprint density at radius 3 is 2.50 bits per heavy atom. The molecule has 0 saturated carbocycles. The highest BCUT2D eigenvalue weighted by Crippen LogP contribution is 2.32. The van der Waals surface area contributed by atoms with Gasteiger partial charge in [-0.15, -0.1) is 0 Å². The minimum Gasteiger partial charge on any atom is -0.457 e. The number of nitrogens with one attached hydrogen (secondary N) is 2. The first-order valence-corrected chi connectivity index (χ1v) is 16.2. The maximum absolute atomic E-state index is 15.6. The van der Waals surface area contributed by atoms with Gasteiger partial charge >= 0.3 is 0 Å². The summed E-state index contributed by atoms with van der Waals surface area (Å²) in [6.45, 7) is 6.16. The zero-order valence-electron chi connectivity index (χ0n) is 26.8. The van der Waals surface area contributed by atoms with Crippen LogP contribution in [0.5, 0.6) is 11.5 Å². The molecule has 2 aliphatic rings. The number of ether oxygens (including phenoxy) is 2. The SMILES string of the molecule is CC(C)c1ccc(-c2ccc(Oc3cc(C(=O)N[C@@H]4CCN(C5CCOCC5)C[C@@H]4F)c(F)cc3Cc3cc(F)c[nH]c3=O)cc2)nn1. The van der Waals surface area contributed by atoms with E-state index in [9.17, 15) is 14.0 Å². The molecule has 2 fully saturated rings. The van der Waals surface area contributed by atoms with Gasteiger partial charge in [0.15, 0.2) is 0 Å². The van der Waals surface area contributed by atoms with E-state index in [4.69, 9.17) is 9.47 Å². The Morgan fingerprint density at radius 1 is 1.04 bits per heavy atom. The number of aromatic amines is 1. The number of amides is 1. The van der Waals surface area contributed by atoms with Crippen LogP contribution in [-0.2, 0) is 11.2 Å². The number of pyridine rings is 1. The van der Waals surface area contributed by atoms with Crippen LogP contribution in [-0.4, -0.2) is 70.5 Å². The van der Waals surface area contributed by atoms with Crippen molar-refractivity contribution in [3.05, 3.63) is 105 Å². The maximum Gasteiger partial charge on any atom is 0.254 e. The van der Waals surface area contributed by atoms with E-state index in [0.29, 0.717) is 37.6 Å².